The standard InChI is InChI=1S/C23H29ClN2O4S/c1-17(2)26-31(28,29)16-19-6-4-3-5-18(19)15-25-22(27)23(11-13-30-14-12-23)20-7-9-21(24)10-8-20/h3-10,17,26H,11-16H2,1-2H3,(H,25,27). The molecule has 0 atom stereocenters. The molecule has 1 heterocycles. The second-order valence-corrected chi connectivity index (χ2v) is 10.4. The summed E-state index contributed by atoms with van der Waals surface area (Å²) < 4.78 is 32.9. The van der Waals surface area contributed by atoms with Crippen molar-refractivity contribution in [2.24, 2.45) is 0 Å². The molecule has 0 aromatic heterocycles. The van der Waals surface area contributed by atoms with Gasteiger partial charge in [-0.05, 0) is 55.5 Å². The van der Waals surface area contributed by atoms with Crippen molar-refractivity contribution in [1.82, 2.24) is 10.0 Å². The van der Waals surface area contributed by atoms with Crippen LogP contribution in [-0.2, 0) is 37.3 Å². The summed E-state index contributed by atoms with van der Waals surface area (Å²) in [5, 5.41) is 3.67. The Morgan fingerprint density at radius 1 is 1.06 bits per heavy atom. The van der Waals surface area contributed by atoms with E-state index in [1.165, 1.54) is 0 Å². The van der Waals surface area contributed by atoms with E-state index in [1.54, 1.807) is 38.1 Å². The van der Waals surface area contributed by atoms with E-state index in [1.807, 2.05) is 24.3 Å². The van der Waals surface area contributed by atoms with Gasteiger partial charge in [-0.25, -0.2) is 13.1 Å². The minimum atomic E-state index is -3.47. The van der Waals surface area contributed by atoms with E-state index in [9.17, 15) is 13.2 Å². The van der Waals surface area contributed by atoms with Gasteiger partial charge in [-0.2, -0.15) is 0 Å². The summed E-state index contributed by atoms with van der Waals surface area (Å²) in [7, 11) is -3.47. The van der Waals surface area contributed by atoms with Crippen molar-refractivity contribution in [3.8, 4) is 0 Å². The first kappa shape index (κ1) is 23.7. The fourth-order valence-electron chi connectivity index (χ4n) is 3.96. The monoisotopic (exact) mass is 464 g/mol. The Bertz CT molecular complexity index is 1000. The first-order valence-electron chi connectivity index (χ1n) is 10.4. The van der Waals surface area contributed by atoms with Crippen LogP contribution < -0.4 is 10.0 Å². The van der Waals surface area contributed by atoms with Gasteiger partial charge in [-0.15, -0.1) is 0 Å². The van der Waals surface area contributed by atoms with Crippen LogP contribution in [0.5, 0.6) is 0 Å². The smallest absolute Gasteiger partial charge is 0.231 e. The van der Waals surface area contributed by atoms with Crippen molar-refractivity contribution in [3.05, 3.63) is 70.2 Å². The largest absolute Gasteiger partial charge is 0.381 e. The molecule has 3 rings (SSSR count). The van der Waals surface area contributed by atoms with Crippen LogP contribution in [0.15, 0.2) is 48.5 Å². The SMILES string of the molecule is CC(C)NS(=O)(=O)Cc1ccccc1CNC(=O)C1(c2ccc(Cl)cc2)CCOCC1. The molecule has 1 aliphatic rings. The molecule has 6 nitrogen and oxygen atoms in total. The van der Waals surface area contributed by atoms with E-state index in [0.29, 0.717) is 36.6 Å². The lowest BCUT2D eigenvalue weighted by Gasteiger charge is -2.36. The van der Waals surface area contributed by atoms with E-state index in [0.717, 1.165) is 11.1 Å². The lowest BCUT2D eigenvalue weighted by molar-refractivity contribution is -0.130. The van der Waals surface area contributed by atoms with Gasteiger partial charge in [0.25, 0.3) is 0 Å². The molecule has 168 valence electrons. The Morgan fingerprint density at radius 2 is 1.68 bits per heavy atom. The number of carbonyl (C=O) groups excluding carboxylic acids is 1. The number of sulfonamides is 1. The molecule has 0 saturated carbocycles. The van der Waals surface area contributed by atoms with Crippen molar-refractivity contribution in [1.29, 1.82) is 0 Å². The van der Waals surface area contributed by atoms with Gasteiger partial charge in [0.2, 0.25) is 15.9 Å². The minimum absolute atomic E-state index is 0.0870. The normalized spacial score (nSPS) is 16.3. The summed E-state index contributed by atoms with van der Waals surface area (Å²) in [5.41, 5.74) is 1.67. The predicted molar refractivity (Wildman–Crippen MR) is 122 cm³/mol. The topological polar surface area (TPSA) is 84.5 Å². The zero-order valence-electron chi connectivity index (χ0n) is 17.9. The highest BCUT2D eigenvalue weighted by atomic mass is 35.5. The summed E-state index contributed by atoms with van der Waals surface area (Å²) in [6.07, 6.45) is 1.16. The van der Waals surface area contributed by atoms with Gasteiger partial charge < -0.3 is 10.1 Å². The predicted octanol–water partition coefficient (Wildman–Crippen LogP) is 3.53. The summed E-state index contributed by atoms with van der Waals surface area (Å²) in [6, 6.07) is 14.5. The van der Waals surface area contributed by atoms with E-state index < -0.39 is 15.4 Å². The third-order valence-electron chi connectivity index (χ3n) is 5.50. The molecule has 31 heavy (non-hydrogen) atoms. The zero-order chi connectivity index (χ0) is 22.5. The van der Waals surface area contributed by atoms with Gasteiger partial charge in [0.05, 0.1) is 11.2 Å². The Labute approximate surface area is 189 Å². The number of benzene rings is 2. The molecule has 2 N–H and O–H groups in total. The van der Waals surface area contributed by atoms with Crippen LogP contribution >= 0.6 is 11.6 Å². The molecule has 0 bridgehead atoms. The molecule has 0 aliphatic carbocycles. The molecule has 1 fully saturated rings. The first-order chi connectivity index (χ1) is 14.7. The quantitative estimate of drug-likeness (QED) is 0.625. The molecule has 0 spiro atoms. The molecule has 2 aromatic carbocycles. The van der Waals surface area contributed by atoms with E-state index in [-0.39, 0.29) is 24.2 Å². The average molecular weight is 465 g/mol. The number of hydrogen-bond acceptors (Lipinski definition) is 4. The van der Waals surface area contributed by atoms with Gasteiger partial charge >= 0.3 is 0 Å². The third-order valence-corrected chi connectivity index (χ3v) is 7.27. The lowest BCUT2D eigenvalue weighted by Crippen LogP contribution is -2.47. The molecular weight excluding hydrogens is 436 g/mol. The van der Waals surface area contributed by atoms with Crippen LogP contribution in [0.3, 0.4) is 0 Å². The Kier molecular flexibility index (Phi) is 7.75. The van der Waals surface area contributed by atoms with Gasteiger partial charge in [-0.1, -0.05) is 48.0 Å². The molecular formula is C23H29ClN2O4S. The first-order valence-corrected chi connectivity index (χ1v) is 12.4. The molecule has 0 radical (unpaired) electrons. The number of amides is 1. The summed E-state index contributed by atoms with van der Waals surface area (Å²) in [4.78, 5) is 13.4. The highest BCUT2D eigenvalue weighted by Crippen LogP contribution is 2.36. The number of hydrogen-bond donors (Lipinski definition) is 2. The third kappa shape index (κ3) is 6.07. The van der Waals surface area contributed by atoms with Crippen molar-refractivity contribution in [2.75, 3.05) is 13.2 Å². The Hall–Kier alpha value is -1.93. The van der Waals surface area contributed by atoms with Gasteiger partial charge in [0, 0.05) is 30.8 Å². The number of halogens is 1. The van der Waals surface area contributed by atoms with E-state index in [4.69, 9.17) is 16.3 Å². The lowest BCUT2D eigenvalue weighted by atomic mass is 9.73. The Morgan fingerprint density at radius 3 is 2.29 bits per heavy atom. The van der Waals surface area contributed by atoms with Crippen molar-refractivity contribution < 1.29 is 17.9 Å². The number of carbonyl (C=O) groups is 1. The van der Waals surface area contributed by atoms with Crippen LogP contribution in [0.1, 0.15) is 43.4 Å². The molecule has 0 unspecified atom stereocenters. The highest BCUT2D eigenvalue weighted by molar-refractivity contribution is 7.88. The van der Waals surface area contributed by atoms with Crippen LogP contribution in [-0.4, -0.2) is 33.6 Å². The van der Waals surface area contributed by atoms with Crippen LogP contribution in [0.25, 0.3) is 0 Å². The minimum Gasteiger partial charge on any atom is -0.381 e. The van der Waals surface area contributed by atoms with Crippen molar-refractivity contribution in [3.63, 3.8) is 0 Å². The van der Waals surface area contributed by atoms with Crippen molar-refractivity contribution >= 4 is 27.5 Å². The molecule has 1 saturated heterocycles. The molecule has 1 aliphatic heterocycles. The Balaban J connectivity index is 1.78. The van der Waals surface area contributed by atoms with Crippen LogP contribution in [0.4, 0.5) is 0 Å². The maximum absolute atomic E-state index is 13.4. The van der Waals surface area contributed by atoms with Gasteiger partial charge in [0.15, 0.2) is 0 Å². The maximum atomic E-state index is 13.4. The van der Waals surface area contributed by atoms with Crippen LogP contribution in [0, 0.1) is 0 Å². The second-order valence-electron chi connectivity index (χ2n) is 8.18. The van der Waals surface area contributed by atoms with E-state index in [2.05, 4.69) is 10.0 Å². The summed E-state index contributed by atoms with van der Waals surface area (Å²) >= 11 is 6.04. The van der Waals surface area contributed by atoms with Crippen molar-refractivity contribution in [2.45, 2.75) is 50.4 Å². The fourth-order valence-corrected chi connectivity index (χ4v) is 5.58. The van der Waals surface area contributed by atoms with E-state index >= 15 is 0 Å². The highest BCUT2D eigenvalue weighted by Gasteiger charge is 2.41. The summed E-state index contributed by atoms with van der Waals surface area (Å²) in [6.45, 7) is 4.83. The average Bonchev–Trinajstić information content (AvgIpc) is 2.72. The van der Waals surface area contributed by atoms with Crippen LogP contribution in [0.2, 0.25) is 5.02 Å². The zero-order valence-corrected chi connectivity index (χ0v) is 19.4. The molecule has 2 aromatic rings. The molecule has 1 amide bonds. The maximum Gasteiger partial charge on any atom is 0.231 e. The van der Waals surface area contributed by atoms with Gasteiger partial charge in [-0.3, -0.25) is 4.79 Å². The number of rotatable bonds is 8. The summed E-state index contributed by atoms with van der Waals surface area (Å²) in [5.74, 6) is -0.219. The molecule has 8 heteroatoms. The second kappa shape index (κ2) is 10.1. The number of ether oxygens (including phenoxy) is 1. The fraction of sp³-hybridized carbons (Fsp3) is 0.435. The van der Waals surface area contributed by atoms with Gasteiger partial charge in [0.1, 0.15) is 0 Å². The number of nitrogens with one attached hydrogen (secondary N) is 2.